The number of nitrogens with one attached hydrogen (secondary N) is 2. The fourth-order valence-electron chi connectivity index (χ4n) is 4.08. The van der Waals surface area contributed by atoms with Gasteiger partial charge in [-0.1, -0.05) is 78.9 Å². The maximum absolute atomic E-state index is 12.5. The second-order valence-electron chi connectivity index (χ2n) is 7.88. The maximum Gasteiger partial charge on any atom is 0.407 e. The summed E-state index contributed by atoms with van der Waals surface area (Å²) >= 11 is 0. The zero-order valence-corrected chi connectivity index (χ0v) is 18.0. The highest BCUT2D eigenvalue weighted by atomic mass is 16.5. The molecule has 3 aromatic carbocycles. The van der Waals surface area contributed by atoms with Crippen LogP contribution >= 0.6 is 0 Å². The van der Waals surface area contributed by atoms with Crippen LogP contribution in [0.2, 0.25) is 0 Å². The smallest absolute Gasteiger partial charge is 0.407 e. The number of carboxylic acids is 1. The van der Waals surface area contributed by atoms with Crippen LogP contribution in [-0.4, -0.2) is 35.7 Å². The third-order valence-corrected chi connectivity index (χ3v) is 5.74. The van der Waals surface area contributed by atoms with E-state index in [-0.39, 0.29) is 12.5 Å². The summed E-state index contributed by atoms with van der Waals surface area (Å²) in [6.07, 6.45) is -0.744. The van der Waals surface area contributed by atoms with E-state index in [0.29, 0.717) is 5.56 Å². The van der Waals surface area contributed by atoms with Crippen LogP contribution in [0.3, 0.4) is 0 Å². The van der Waals surface area contributed by atoms with E-state index in [0.717, 1.165) is 22.3 Å². The minimum atomic E-state index is -1.22. The maximum atomic E-state index is 12.5. The molecule has 0 unspecified atom stereocenters. The molecule has 0 aliphatic heterocycles. The van der Waals surface area contributed by atoms with Gasteiger partial charge in [0.25, 0.3) is 0 Å². The number of aliphatic carboxylic acids is 1. The highest BCUT2D eigenvalue weighted by Crippen LogP contribution is 2.44. The van der Waals surface area contributed by atoms with Crippen LogP contribution in [0.15, 0.2) is 78.9 Å². The SMILES string of the molecule is C[C@H](NC(=O)OCC1c2ccccc2-c2ccccc21)C(=O)N[C@@H](C(=O)O)c1ccccc1. The molecule has 3 N–H and O–H groups in total. The van der Waals surface area contributed by atoms with Crippen molar-refractivity contribution in [2.24, 2.45) is 0 Å². The Labute approximate surface area is 191 Å². The summed E-state index contributed by atoms with van der Waals surface area (Å²) in [7, 11) is 0. The normalized spacial score (nSPS) is 13.8. The van der Waals surface area contributed by atoms with E-state index >= 15 is 0 Å². The topological polar surface area (TPSA) is 105 Å². The van der Waals surface area contributed by atoms with Crippen LogP contribution < -0.4 is 10.6 Å². The molecular weight excluding hydrogens is 420 g/mol. The average Bonchev–Trinajstić information content (AvgIpc) is 3.15. The van der Waals surface area contributed by atoms with Gasteiger partial charge in [0.2, 0.25) is 5.91 Å². The fourth-order valence-corrected chi connectivity index (χ4v) is 4.08. The molecule has 7 nitrogen and oxygen atoms in total. The summed E-state index contributed by atoms with van der Waals surface area (Å²) in [6, 6.07) is 22.2. The third kappa shape index (κ3) is 4.72. The van der Waals surface area contributed by atoms with Gasteiger partial charge in [-0.25, -0.2) is 9.59 Å². The molecule has 0 heterocycles. The van der Waals surface area contributed by atoms with Crippen LogP contribution in [0.25, 0.3) is 11.1 Å². The van der Waals surface area contributed by atoms with Crippen molar-refractivity contribution in [1.29, 1.82) is 0 Å². The van der Waals surface area contributed by atoms with Crippen LogP contribution in [0.1, 0.15) is 35.6 Å². The molecule has 0 aromatic heterocycles. The van der Waals surface area contributed by atoms with Crippen molar-refractivity contribution in [1.82, 2.24) is 10.6 Å². The lowest BCUT2D eigenvalue weighted by Gasteiger charge is -2.20. The van der Waals surface area contributed by atoms with E-state index in [1.807, 2.05) is 48.5 Å². The number of ether oxygens (including phenoxy) is 1. The lowest BCUT2D eigenvalue weighted by atomic mass is 9.98. The predicted molar refractivity (Wildman–Crippen MR) is 123 cm³/mol. The van der Waals surface area contributed by atoms with Crippen molar-refractivity contribution in [2.45, 2.75) is 24.9 Å². The van der Waals surface area contributed by atoms with Gasteiger partial charge in [-0.2, -0.15) is 0 Å². The van der Waals surface area contributed by atoms with Crippen LogP contribution in [0, 0.1) is 0 Å². The average molecular weight is 444 g/mol. The molecule has 7 heteroatoms. The van der Waals surface area contributed by atoms with Gasteiger partial charge in [-0.3, -0.25) is 4.79 Å². The Hall–Kier alpha value is -4.13. The Bertz CT molecular complexity index is 1130. The third-order valence-electron chi connectivity index (χ3n) is 5.74. The number of rotatable bonds is 7. The first-order valence-corrected chi connectivity index (χ1v) is 10.7. The summed E-state index contributed by atoms with van der Waals surface area (Å²) in [6.45, 7) is 1.59. The molecule has 1 aliphatic rings. The number of hydrogen-bond acceptors (Lipinski definition) is 4. The number of fused-ring (bicyclic) bond motifs is 3. The second-order valence-corrected chi connectivity index (χ2v) is 7.88. The Morgan fingerprint density at radius 2 is 1.39 bits per heavy atom. The molecule has 168 valence electrons. The molecule has 0 saturated heterocycles. The highest BCUT2D eigenvalue weighted by Gasteiger charge is 2.30. The number of benzene rings is 3. The first-order valence-electron chi connectivity index (χ1n) is 10.7. The zero-order chi connectivity index (χ0) is 23.4. The molecule has 0 radical (unpaired) electrons. The number of alkyl carbamates (subject to hydrolysis) is 1. The molecule has 1 aliphatic carbocycles. The molecule has 2 atom stereocenters. The lowest BCUT2D eigenvalue weighted by molar-refractivity contribution is -0.142. The summed E-state index contributed by atoms with van der Waals surface area (Å²) in [5, 5.41) is 14.4. The van der Waals surface area contributed by atoms with Crippen LogP contribution in [0.5, 0.6) is 0 Å². The molecule has 2 amide bonds. The molecule has 0 fully saturated rings. The number of carboxylic acid groups (broad SMARTS) is 1. The summed E-state index contributed by atoms with van der Waals surface area (Å²) in [5.74, 6) is -1.91. The van der Waals surface area contributed by atoms with Crippen LogP contribution in [0.4, 0.5) is 4.79 Å². The van der Waals surface area contributed by atoms with E-state index in [1.165, 1.54) is 6.92 Å². The van der Waals surface area contributed by atoms with Crippen molar-refractivity contribution in [2.75, 3.05) is 6.61 Å². The van der Waals surface area contributed by atoms with Gasteiger partial charge in [0.1, 0.15) is 12.6 Å². The van der Waals surface area contributed by atoms with Gasteiger partial charge in [-0.05, 0) is 34.7 Å². The van der Waals surface area contributed by atoms with Crippen molar-refractivity contribution in [3.8, 4) is 11.1 Å². The number of carbonyl (C=O) groups excluding carboxylic acids is 2. The monoisotopic (exact) mass is 444 g/mol. The van der Waals surface area contributed by atoms with Crippen molar-refractivity contribution in [3.05, 3.63) is 95.6 Å². The predicted octanol–water partition coefficient (Wildman–Crippen LogP) is 3.86. The van der Waals surface area contributed by atoms with E-state index in [2.05, 4.69) is 10.6 Å². The number of hydrogen-bond donors (Lipinski definition) is 3. The van der Waals surface area contributed by atoms with Crippen molar-refractivity contribution < 1.29 is 24.2 Å². The van der Waals surface area contributed by atoms with E-state index < -0.39 is 30.1 Å². The van der Waals surface area contributed by atoms with Gasteiger partial charge >= 0.3 is 12.1 Å². The highest BCUT2D eigenvalue weighted by molar-refractivity contribution is 5.89. The minimum Gasteiger partial charge on any atom is -0.479 e. The van der Waals surface area contributed by atoms with E-state index in [4.69, 9.17) is 4.74 Å². The molecule has 0 saturated carbocycles. The van der Waals surface area contributed by atoms with Gasteiger partial charge in [0.15, 0.2) is 6.04 Å². The molecule has 3 aromatic rings. The minimum absolute atomic E-state index is 0.0956. The zero-order valence-electron chi connectivity index (χ0n) is 18.0. The van der Waals surface area contributed by atoms with Crippen molar-refractivity contribution in [3.63, 3.8) is 0 Å². The Kier molecular flexibility index (Phi) is 6.40. The standard InChI is InChI=1S/C26H24N2O5/c1-16(24(29)28-23(25(30)31)17-9-3-2-4-10-17)27-26(32)33-15-22-20-13-7-5-11-18(20)19-12-6-8-14-21(19)22/h2-14,16,22-23H,15H2,1H3,(H,27,32)(H,28,29)(H,30,31)/t16-,23+/m0/s1. The molecule has 4 rings (SSSR count). The number of carbonyl (C=O) groups is 3. The quantitative estimate of drug-likeness (QED) is 0.513. The Morgan fingerprint density at radius 1 is 0.848 bits per heavy atom. The van der Waals surface area contributed by atoms with E-state index in [9.17, 15) is 19.5 Å². The fraction of sp³-hybridized carbons (Fsp3) is 0.192. The Balaban J connectivity index is 1.36. The Morgan fingerprint density at radius 3 is 1.97 bits per heavy atom. The van der Waals surface area contributed by atoms with Crippen LogP contribution in [-0.2, 0) is 14.3 Å². The molecule has 33 heavy (non-hydrogen) atoms. The number of amides is 2. The molecule has 0 bridgehead atoms. The van der Waals surface area contributed by atoms with Gasteiger partial charge in [0.05, 0.1) is 0 Å². The first kappa shape index (κ1) is 22.1. The summed E-state index contributed by atoms with van der Waals surface area (Å²) in [5.41, 5.74) is 4.85. The largest absolute Gasteiger partial charge is 0.479 e. The lowest BCUT2D eigenvalue weighted by Crippen LogP contribution is -2.47. The van der Waals surface area contributed by atoms with Gasteiger partial charge < -0.3 is 20.5 Å². The van der Waals surface area contributed by atoms with Crippen molar-refractivity contribution >= 4 is 18.0 Å². The molecular formula is C26H24N2O5. The van der Waals surface area contributed by atoms with Gasteiger partial charge in [0, 0.05) is 5.92 Å². The van der Waals surface area contributed by atoms with Gasteiger partial charge in [-0.15, -0.1) is 0 Å². The van der Waals surface area contributed by atoms with E-state index in [1.54, 1.807) is 30.3 Å². The second kappa shape index (κ2) is 9.56. The molecule has 0 spiro atoms. The first-order chi connectivity index (χ1) is 16.0. The summed E-state index contributed by atoms with van der Waals surface area (Å²) < 4.78 is 5.45. The summed E-state index contributed by atoms with van der Waals surface area (Å²) in [4.78, 5) is 36.5.